The lowest BCUT2D eigenvalue weighted by Crippen LogP contribution is -2.20. The number of aromatic nitrogens is 1. The van der Waals surface area contributed by atoms with E-state index in [1.165, 1.54) is 42.7 Å². The number of thiazole rings is 1. The number of anilines is 1. The van der Waals surface area contributed by atoms with E-state index in [1.54, 1.807) is 12.3 Å². The minimum absolute atomic E-state index is 0.0870. The molecule has 0 atom stereocenters. The summed E-state index contributed by atoms with van der Waals surface area (Å²) in [4.78, 5) is 27.4. The summed E-state index contributed by atoms with van der Waals surface area (Å²) in [6, 6.07) is 4.17. The fourth-order valence-corrected chi connectivity index (χ4v) is 2.60. The summed E-state index contributed by atoms with van der Waals surface area (Å²) in [6.07, 6.45) is 2.49. The van der Waals surface area contributed by atoms with E-state index >= 15 is 0 Å². The van der Waals surface area contributed by atoms with Gasteiger partial charge in [0.1, 0.15) is 0 Å². The molecular weight excluding hydrogens is 382 g/mol. The van der Waals surface area contributed by atoms with Crippen molar-refractivity contribution in [1.29, 1.82) is 0 Å². The Kier molecular flexibility index (Phi) is 7.24. The van der Waals surface area contributed by atoms with E-state index in [9.17, 15) is 18.4 Å². The Morgan fingerprint density at radius 1 is 1.33 bits per heavy atom. The molecule has 1 aromatic heterocycles. The van der Waals surface area contributed by atoms with Crippen molar-refractivity contribution in [1.82, 2.24) is 4.98 Å². The zero-order valence-corrected chi connectivity index (χ0v) is 15.2. The summed E-state index contributed by atoms with van der Waals surface area (Å²) in [5, 5.41) is 4.70. The van der Waals surface area contributed by atoms with Crippen LogP contribution in [0.1, 0.15) is 11.3 Å². The molecule has 2 rings (SSSR count). The molecule has 2 aromatic rings. The molecule has 0 saturated carbocycles. The maximum absolute atomic E-state index is 12.3. The predicted molar refractivity (Wildman–Crippen MR) is 95.1 cm³/mol. The minimum atomic E-state index is -2.98. The molecule has 1 amide bonds. The topological polar surface area (TPSA) is 86.8 Å². The second-order valence-electron chi connectivity index (χ2n) is 5.07. The first-order valence-electron chi connectivity index (χ1n) is 7.57. The average Bonchev–Trinajstić information content (AvgIpc) is 3.03. The van der Waals surface area contributed by atoms with E-state index < -0.39 is 25.1 Å². The molecule has 1 N–H and O–H groups in total. The number of carbonyl (C=O) groups is 2. The zero-order valence-electron chi connectivity index (χ0n) is 14.4. The Bertz CT molecular complexity index is 838. The first-order valence-corrected chi connectivity index (χ1v) is 8.45. The summed E-state index contributed by atoms with van der Waals surface area (Å²) in [5.41, 5.74) is 1.27. The van der Waals surface area contributed by atoms with Gasteiger partial charge in [0.2, 0.25) is 0 Å². The molecule has 0 saturated heterocycles. The fraction of sp³-hybridized carbons (Fsp3) is 0.235. The number of aryl methyl sites for hydroxylation is 1. The predicted octanol–water partition coefficient (Wildman–Crippen LogP) is 3.26. The van der Waals surface area contributed by atoms with Crippen LogP contribution < -0.4 is 14.8 Å². The van der Waals surface area contributed by atoms with Crippen LogP contribution in [0.25, 0.3) is 6.08 Å². The molecule has 0 aliphatic rings. The second-order valence-corrected chi connectivity index (χ2v) is 5.93. The van der Waals surface area contributed by atoms with Crippen molar-refractivity contribution in [3.63, 3.8) is 0 Å². The van der Waals surface area contributed by atoms with Crippen molar-refractivity contribution in [2.75, 3.05) is 19.0 Å². The molecular formula is C17H16F2N2O5S. The number of rotatable bonds is 8. The van der Waals surface area contributed by atoms with Crippen LogP contribution in [0.3, 0.4) is 0 Å². The van der Waals surface area contributed by atoms with E-state index in [4.69, 9.17) is 9.47 Å². The molecule has 0 bridgehead atoms. The smallest absolute Gasteiger partial charge is 0.387 e. The third kappa shape index (κ3) is 6.66. The number of alkyl halides is 2. The number of benzene rings is 1. The van der Waals surface area contributed by atoms with Crippen LogP contribution in [0.15, 0.2) is 29.7 Å². The van der Waals surface area contributed by atoms with Gasteiger partial charge in [-0.15, -0.1) is 11.3 Å². The van der Waals surface area contributed by atoms with Gasteiger partial charge in [-0.05, 0) is 30.7 Å². The Morgan fingerprint density at radius 3 is 2.74 bits per heavy atom. The van der Waals surface area contributed by atoms with E-state index in [2.05, 4.69) is 15.0 Å². The molecule has 0 spiro atoms. The summed E-state index contributed by atoms with van der Waals surface area (Å²) in [5.74, 6) is -1.29. The maximum atomic E-state index is 12.3. The van der Waals surface area contributed by atoms with E-state index in [1.807, 2.05) is 0 Å². The lowest BCUT2D eigenvalue weighted by Gasteiger charge is -2.10. The van der Waals surface area contributed by atoms with Crippen LogP contribution in [0.4, 0.5) is 13.9 Å². The SMILES string of the molecule is COc1cc(/C=C/C(=O)OCC(=O)Nc2nc(C)cs2)ccc1OC(F)F. The van der Waals surface area contributed by atoms with Gasteiger partial charge in [-0.1, -0.05) is 6.07 Å². The molecule has 144 valence electrons. The van der Waals surface area contributed by atoms with Crippen molar-refractivity contribution in [3.05, 3.63) is 40.9 Å². The molecule has 0 fully saturated rings. The Morgan fingerprint density at radius 2 is 2.11 bits per heavy atom. The monoisotopic (exact) mass is 398 g/mol. The normalized spacial score (nSPS) is 10.9. The number of methoxy groups -OCH3 is 1. The number of carbonyl (C=O) groups excluding carboxylic acids is 2. The second kappa shape index (κ2) is 9.62. The van der Waals surface area contributed by atoms with Gasteiger partial charge in [-0.3, -0.25) is 10.1 Å². The highest BCUT2D eigenvalue weighted by Crippen LogP contribution is 2.29. The molecule has 0 unspecified atom stereocenters. The van der Waals surface area contributed by atoms with Crippen molar-refractivity contribution in [2.45, 2.75) is 13.5 Å². The molecule has 1 heterocycles. The van der Waals surface area contributed by atoms with Gasteiger partial charge >= 0.3 is 12.6 Å². The highest BCUT2D eigenvalue weighted by molar-refractivity contribution is 7.13. The number of nitrogens with one attached hydrogen (secondary N) is 1. The highest BCUT2D eigenvalue weighted by atomic mass is 32.1. The minimum Gasteiger partial charge on any atom is -0.493 e. The number of halogens is 2. The van der Waals surface area contributed by atoms with Crippen LogP contribution in [0.2, 0.25) is 0 Å². The first-order chi connectivity index (χ1) is 12.9. The van der Waals surface area contributed by atoms with Gasteiger partial charge in [-0.25, -0.2) is 9.78 Å². The van der Waals surface area contributed by atoms with Gasteiger partial charge in [0.05, 0.1) is 12.8 Å². The van der Waals surface area contributed by atoms with Crippen LogP contribution in [-0.4, -0.2) is 37.2 Å². The molecule has 0 aliphatic heterocycles. The number of nitrogens with zero attached hydrogens (tertiary/aromatic N) is 1. The molecule has 7 nitrogen and oxygen atoms in total. The largest absolute Gasteiger partial charge is 0.493 e. The van der Waals surface area contributed by atoms with E-state index in [0.29, 0.717) is 10.7 Å². The summed E-state index contributed by atoms with van der Waals surface area (Å²) in [7, 11) is 1.30. The Balaban J connectivity index is 1.87. The van der Waals surface area contributed by atoms with Crippen molar-refractivity contribution < 1.29 is 32.6 Å². The van der Waals surface area contributed by atoms with Crippen molar-refractivity contribution >= 4 is 34.4 Å². The lowest BCUT2D eigenvalue weighted by molar-refractivity contribution is -0.142. The Hall–Kier alpha value is -3.01. The quantitative estimate of drug-likeness (QED) is 0.543. The van der Waals surface area contributed by atoms with Crippen molar-refractivity contribution in [3.8, 4) is 11.5 Å². The standard InChI is InChI=1S/C17H16F2N2O5S/c1-10-9-27-17(20-10)21-14(22)8-25-15(23)6-4-11-3-5-12(26-16(18)19)13(7-11)24-2/h3-7,9,16H,8H2,1-2H3,(H,20,21,22)/b6-4+. The molecule has 1 aromatic carbocycles. The van der Waals surface area contributed by atoms with Gasteiger partial charge < -0.3 is 14.2 Å². The third-order valence-electron chi connectivity index (χ3n) is 3.03. The van der Waals surface area contributed by atoms with Gasteiger partial charge in [0.15, 0.2) is 23.2 Å². The highest BCUT2D eigenvalue weighted by Gasteiger charge is 2.11. The van der Waals surface area contributed by atoms with Gasteiger partial charge in [-0.2, -0.15) is 8.78 Å². The van der Waals surface area contributed by atoms with Gasteiger partial charge in [0.25, 0.3) is 5.91 Å². The molecule has 0 aliphatic carbocycles. The number of esters is 1. The Labute approximate surface area is 157 Å². The van der Waals surface area contributed by atoms with E-state index in [0.717, 1.165) is 11.8 Å². The summed E-state index contributed by atoms with van der Waals surface area (Å²) < 4.78 is 38.7. The first kappa shape index (κ1) is 20.3. The van der Waals surface area contributed by atoms with Crippen LogP contribution in [-0.2, 0) is 14.3 Å². The lowest BCUT2D eigenvalue weighted by atomic mass is 10.2. The number of ether oxygens (including phenoxy) is 3. The third-order valence-corrected chi connectivity index (χ3v) is 3.90. The zero-order chi connectivity index (χ0) is 19.8. The van der Waals surface area contributed by atoms with Crippen LogP contribution in [0, 0.1) is 6.92 Å². The van der Waals surface area contributed by atoms with Crippen LogP contribution in [0.5, 0.6) is 11.5 Å². The molecule has 0 radical (unpaired) electrons. The summed E-state index contributed by atoms with van der Waals surface area (Å²) in [6.45, 7) is -1.65. The summed E-state index contributed by atoms with van der Waals surface area (Å²) >= 11 is 1.26. The van der Waals surface area contributed by atoms with E-state index in [-0.39, 0.29) is 11.5 Å². The fourth-order valence-electron chi connectivity index (χ4n) is 1.90. The van der Waals surface area contributed by atoms with Crippen molar-refractivity contribution in [2.24, 2.45) is 0 Å². The molecule has 10 heteroatoms. The molecule has 27 heavy (non-hydrogen) atoms. The van der Waals surface area contributed by atoms with Gasteiger partial charge in [0, 0.05) is 11.5 Å². The number of amides is 1. The number of hydrogen-bond donors (Lipinski definition) is 1. The number of hydrogen-bond acceptors (Lipinski definition) is 7. The van der Waals surface area contributed by atoms with Crippen LogP contribution >= 0.6 is 11.3 Å². The maximum Gasteiger partial charge on any atom is 0.387 e. The average molecular weight is 398 g/mol.